The van der Waals surface area contributed by atoms with Crippen LogP contribution in [0.25, 0.3) is 5.65 Å². The molecule has 1 aliphatic carbocycles. The quantitative estimate of drug-likeness (QED) is 0.750. The molecule has 1 saturated carbocycles. The Hall–Kier alpha value is -3.47. The van der Waals surface area contributed by atoms with Gasteiger partial charge in [0.25, 0.3) is 11.8 Å². The van der Waals surface area contributed by atoms with E-state index in [1.807, 2.05) is 41.8 Å². The van der Waals surface area contributed by atoms with Crippen molar-refractivity contribution >= 4 is 11.6 Å². The number of nitrogens with zero attached hydrogens (tertiary/aromatic N) is 5. The van der Waals surface area contributed by atoms with Gasteiger partial charge < -0.3 is 10.1 Å². The first-order chi connectivity index (χ1) is 13.7. The molecule has 8 nitrogen and oxygen atoms in total. The van der Waals surface area contributed by atoms with E-state index < -0.39 is 0 Å². The van der Waals surface area contributed by atoms with Crippen molar-refractivity contribution in [2.45, 2.75) is 44.8 Å². The maximum atomic E-state index is 12.8. The van der Waals surface area contributed by atoms with Gasteiger partial charge in [0.2, 0.25) is 5.69 Å². The molecule has 0 aromatic carbocycles. The van der Waals surface area contributed by atoms with Crippen LogP contribution in [0.5, 0.6) is 5.88 Å². The van der Waals surface area contributed by atoms with Crippen molar-refractivity contribution in [1.82, 2.24) is 24.7 Å². The highest BCUT2D eigenvalue weighted by atomic mass is 16.5. The van der Waals surface area contributed by atoms with Gasteiger partial charge in [-0.3, -0.25) is 9.20 Å². The van der Waals surface area contributed by atoms with Crippen molar-refractivity contribution in [3.05, 3.63) is 53.9 Å². The summed E-state index contributed by atoms with van der Waals surface area (Å²) in [6.45, 7) is 1.85. The number of aromatic nitrogens is 4. The Balaban J connectivity index is 1.37. The summed E-state index contributed by atoms with van der Waals surface area (Å²) in [7, 11) is 0. The summed E-state index contributed by atoms with van der Waals surface area (Å²) in [5.41, 5.74) is 2.25. The third-order valence-corrected chi connectivity index (χ3v) is 4.98. The van der Waals surface area contributed by atoms with Gasteiger partial charge in [0, 0.05) is 24.6 Å². The largest absolute Gasteiger partial charge is 0.472 e. The molecule has 1 amide bonds. The number of pyridine rings is 1. The van der Waals surface area contributed by atoms with Crippen LogP contribution in [-0.2, 0) is 0 Å². The van der Waals surface area contributed by atoms with E-state index in [-0.39, 0.29) is 29.6 Å². The van der Waals surface area contributed by atoms with Gasteiger partial charge in [-0.25, -0.2) is 15.0 Å². The maximum Gasteiger partial charge on any atom is 0.270 e. The number of ether oxygens (including phenoxy) is 1. The van der Waals surface area contributed by atoms with Gasteiger partial charge in [-0.1, -0.05) is 6.07 Å². The van der Waals surface area contributed by atoms with E-state index in [1.54, 1.807) is 0 Å². The number of aryl methyl sites for hydroxylation is 1. The van der Waals surface area contributed by atoms with E-state index in [0.29, 0.717) is 11.4 Å². The summed E-state index contributed by atoms with van der Waals surface area (Å²) in [5.74, 6) is 0.167. The lowest BCUT2D eigenvalue weighted by atomic mass is 9.93. The predicted molar refractivity (Wildman–Crippen MR) is 101 cm³/mol. The number of carbonyl (C=O) groups excluding carboxylic acids is 1. The topological polar surface area (TPSA) is 105 Å². The van der Waals surface area contributed by atoms with Crippen LogP contribution in [0.15, 0.2) is 36.8 Å². The smallest absolute Gasteiger partial charge is 0.270 e. The molecule has 4 rings (SSSR count). The molecule has 1 aliphatic rings. The average molecular weight is 376 g/mol. The molecule has 0 atom stereocenters. The molecular formula is C20H20N6O2. The number of nitriles is 1. The second-order valence-electron chi connectivity index (χ2n) is 6.86. The summed E-state index contributed by atoms with van der Waals surface area (Å²) < 4.78 is 7.67. The molecule has 28 heavy (non-hydrogen) atoms. The molecule has 142 valence electrons. The molecule has 8 heteroatoms. The number of carbonyl (C=O) groups is 1. The highest BCUT2D eigenvalue weighted by molar-refractivity contribution is 5.94. The minimum absolute atomic E-state index is 0.0329. The SMILES string of the molecule is Cc1nc2ccccn2c1C(=O)NC1CCC(Oc2nccnc2C#N)CC1. The number of hydrogen-bond donors (Lipinski definition) is 1. The minimum Gasteiger partial charge on any atom is -0.472 e. The first-order valence-electron chi connectivity index (χ1n) is 9.28. The summed E-state index contributed by atoms with van der Waals surface area (Å²) in [6, 6.07) is 7.74. The number of amides is 1. The molecule has 0 bridgehead atoms. The Kier molecular flexibility index (Phi) is 4.89. The summed E-state index contributed by atoms with van der Waals surface area (Å²) >= 11 is 0. The van der Waals surface area contributed by atoms with Gasteiger partial charge in [0.1, 0.15) is 23.5 Å². The first-order valence-corrected chi connectivity index (χ1v) is 9.28. The second-order valence-corrected chi connectivity index (χ2v) is 6.86. The molecule has 0 radical (unpaired) electrons. The standard InChI is InChI=1S/C20H20N6O2/c1-13-18(26-11-3-2-4-17(26)24-13)19(27)25-14-5-7-15(8-6-14)28-20-16(12-21)22-9-10-23-20/h2-4,9-11,14-15H,5-8H2,1H3,(H,25,27). The molecule has 0 unspecified atom stereocenters. The van der Waals surface area contributed by atoms with Gasteiger partial charge in [0.05, 0.1) is 5.69 Å². The fraction of sp³-hybridized carbons (Fsp3) is 0.350. The summed E-state index contributed by atoms with van der Waals surface area (Å²) in [6.07, 6.45) is 7.96. The Labute approximate surface area is 162 Å². The van der Waals surface area contributed by atoms with Crippen molar-refractivity contribution in [2.24, 2.45) is 0 Å². The second kappa shape index (κ2) is 7.64. The van der Waals surface area contributed by atoms with E-state index in [0.717, 1.165) is 31.3 Å². The molecule has 1 fully saturated rings. The highest BCUT2D eigenvalue weighted by Crippen LogP contribution is 2.24. The molecule has 0 aliphatic heterocycles. The number of nitrogens with one attached hydrogen (secondary N) is 1. The lowest BCUT2D eigenvalue weighted by Crippen LogP contribution is -2.40. The number of hydrogen-bond acceptors (Lipinski definition) is 6. The fourth-order valence-electron chi connectivity index (χ4n) is 3.61. The summed E-state index contributed by atoms with van der Waals surface area (Å²) in [4.78, 5) is 25.3. The Morgan fingerprint density at radius 1 is 1.25 bits per heavy atom. The molecule has 0 spiro atoms. The molecular weight excluding hydrogens is 356 g/mol. The van der Waals surface area contributed by atoms with Crippen molar-refractivity contribution < 1.29 is 9.53 Å². The van der Waals surface area contributed by atoms with E-state index in [2.05, 4.69) is 20.3 Å². The van der Waals surface area contributed by atoms with Crippen molar-refractivity contribution in [3.8, 4) is 11.9 Å². The maximum absolute atomic E-state index is 12.8. The number of fused-ring (bicyclic) bond motifs is 1. The van der Waals surface area contributed by atoms with Gasteiger partial charge in [0.15, 0.2) is 0 Å². The third kappa shape index (κ3) is 3.51. The number of rotatable bonds is 4. The molecule has 1 N–H and O–H groups in total. The van der Waals surface area contributed by atoms with Crippen LogP contribution in [0.1, 0.15) is 47.6 Å². The zero-order valence-electron chi connectivity index (χ0n) is 15.5. The lowest BCUT2D eigenvalue weighted by molar-refractivity contribution is 0.0883. The van der Waals surface area contributed by atoms with Crippen LogP contribution in [0.4, 0.5) is 0 Å². The third-order valence-electron chi connectivity index (χ3n) is 4.98. The predicted octanol–water partition coefficient (Wildman–Crippen LogP) is 2.42. The van der Waals surface area contributed by atoms with Crippen molar-refractivity contribution in [2.75, 3.05) is 0 Å². The normalized spacial score (nSPS) is 19.1. The van der Waals surface area contributed by atoms with Crippen LogP contribution < -0.4 is 10.1 Å². The average Bonchev–Trinajstić information content (AvgIpc) is 3.05. The van der Waals surface area contributed by atoms with E-state index in [4.69, 9.17) is 10.00 Å². The van der Waals surface area contributed by atoms with Gasteiger partial charge in [-0.05, 0) is 44.7 Å². The molecule has 3 aromatic heterocycles. The van der Waals surface area contributed by atoms with Crippen LogP contribution in [0.2, 0.25) is 0 Å². The monoisotopic (exact) mass is 376 g/mol. The Morgan fingerprint density at radius 3 is 2.82 bits per heavy atom. The first kappa shape index (κ1) is 17.9. The molecule has 3 aromatic rings. The summed E-state index contributed by atoms with van der Waals surface area (Å²) in [5, 5.41) is 12.2. The van der Waals surface area contributed by atoms with E-state index in [9.17, 15) is 4.79 Å². The Bertz CT molecular complexity index is 1050. The van der Waals surface area contributed by atoms with Gasteiger partial charge >= 0.3 is 0 Å². The van der Waals surface area contributed by atoms with Crippen LogP contribution >= 0.6 is 0 Å². The van der Waals surface area contributed by atoms with E-state index >= 15 is 0 Å². The van der Waals surface area contributed by atoms with Gasteiger partial charge in [-0.2, -0.15) is 5.26 Å². The highest BCUT2D eigenvalue weighted by Gasteiger charge is 2.26. The lowest BCUT2D eigenvalue weighted by Gasteiger charge is -2.29. The number of imidazole rings is 1. The zero-order valence-corrected chi connectivity index (χ0v) is 15.5. The minimum atomic E-state index is -0.110. The van der Waals surface area contributed by atoms with Crippen LogP contribution in [0, 0.1) is 18.3 Å². The van der Waals surface area contributed by atoms with Gasteiger partial charge in [-0.15, -0.1) is 0 Å². The van der Waals surface area contributed by atoms with Crippen LogP contribution in [0.3, 0.4) is 0 Å². The zero-order chi connectivity index (χ0) is 19.5. The van der Waals surface area contributed by atoms with Crippen LogP contribution in [-0.4, -0.2) is 37.4 Å². The molecule has 3 heterocycles. The molecule has 0 saturated heterocycles. The van der Waals surface area contributed by atoms with E-state index in [1.165, 1.54) is 12.4 Å². The Morgan fingerprint density at radius 2 is 2.04 bits per heavy atom. The van der Waals surface area contributed by atoms with Crippen molar-refractivity contribution in [1.29, 1.82) is 5.26 Å². The van der Waals surface area contributed by atoms with Crippen molar-refractivity contribution in [3.63, 3.8) is 0 Å². The fourth-order valence-corrected chi connectivity index (χ4v) is 3.61.